The van der Waals surface area contributed by atoms with Crippen molar-refractivity contribution < 1.29 is 13.9 Å². The van der Waals surface area contributed by atoms with E-state index in [1.807, 2.05) is 39.5 Å². The van der Waals surface area contributed by atoms with Crippen LogP contribution in [-0.2, 0) is 11.2 Å². The molecule has 1 fully saturated rings. The lowest BCUT2D eigenvalue weighted by Gasteiger charge is -2.37. The molecule has 0 radical (unpaired) electrons. The quantitative estimate of drug-likeness (QED) is 0.688. The van der Waals surface area contributed by atoms with Crippen molar-refractivity contribution in [1.29, 1.82) is 0 Å². The fourth-order valence-corrected chi connectivity index (χ4v) is 3.70. The van der Waals surface area contributed by atoms with Crippen molar-refractivity contribution in [2.45, 2.75) is 46.6 Å². The highest BCUT2D eigenvalue weighted by molar-refractivity contribution is 5.84. The van der Waals surface area contributed by atoms with Crippen LogP contribution < -0.4 is 10.3 Å². The number of hydrogen-bond donors (Lipinski definition) is 1. The van der Waals surface area contributed by atoms with E-state index in [0.29, 0.717) is 66.4 Å². The number of pyridine rings is 1. The summed E-state index contributed by atoms with van der Waals surface area (Å²) in [6.07, 6.45) is 0.317. The van der Waals surface area contributed by atoms with E-state index in [9.17, 15) is 9.59 Å². The molecule has 9 heteroatoms. The fourth-order valence-electron chi connectivity index (χ4n) is 3.70. The average Bonchev–Trinajstić information content (AvgIpc) is 3.04. The number of aromatic amines is 1. The Morgan fingerprint density at radius 3 is 2.57 bits per heavy atom. The molecule has 4 heterocycles. The van der Waals surface area contributed by atoms with Crippen molar-refractivity contribution in [3.8, 4) is 0 Å². The minimum absolute atomic E-state index is 0.153. The summed E-state index contributed by atoms with van der Waals surface area (Å²) < 4.78 is 11.0. The normalized spacial score (nSPS) is 15.2. The molecule has 0 aliphatic carbocycles. The van der Waals surface area contributed by atoms with Crippen molar-refractivity contribution in [3.05, 3.63) is 27.7 Å². The van der Waals surface area contributed by atoms with Gasteiger partial charge in [0.1, 0.15) is 22.6 Å². The van der Waals surface area contributed by atoms with E-state index in [4.69, 9.17) is 9.15 Å². The molecule has 3 aromatic rings. The number of piperazine rings is 1. The molecule has 30 heavy (non-hydrogen) atoms. The van der Waals surface area contributed by atoms with Gasteiger partial charge in [-0.1, -0.05) is 6.92 Å². The van der Waals surface area contributed by atoms with Crippen molar-refractivity contribution in [3.63, 3.8) is 0 Å². The zero-order valence-corrected chi connectivity index (χ0v) is 18.0. The molecule has 9 nitrogen and oxygen atoms in total. The number of hydrogen-bond acceptors (Lipinski definition) is 7. The molecular weight excluding hydrogens is 386 g/mol. The Morgan fingerprint density at radius 2 is 1.93 bits per heavy atom. The van der Waals surface area contributed by atoms with Crippen molar-refractivity contribution >= 4 is 34.2 Å². The van der Waals surface area contributed by atoms with Crippen LogP contribution in [0.25, 0.3) is 22.4 Å². The molecule has 0 spiro atoms. The van der Waals surface area contributed by atoms with Gasteiger partial charge in [-0.3, -0.25) is 4.79 Å². The van der Waals surface area contributed by atoms with Gasteiger partial charge < -0.3 is 23.9 Å². The number of nitrogens with zero attached hydrogens (tertiary/aromatic N) is 4. The lowest BCUT2D eigenvalue weighted by molar-refractivity contribution is 0.0240. The van der Waals surface area contributed by atoms with E-state index >= 15 is 0 Å². The maximum absolute atomic E-state index is 13.4. The monoisotopic (exact) mass is 413 g/mol. The molecule has 0 bridgehead atoms. The summed E-state index contributed by atoms with van der Waals surface area (Å²) in [6.45, 7) is 11.4. The summed E-state index contributed by atoms with van der Waals surface area (Å²) >= 11 is 0. The second kappa shape index (κ2) is 7.30. The van der Waals surface area contributed by atoms with Crippen molar-refractivity contribution in [2.75, 3.05) is 31.1 Å². The number of nitrogens with one attached hydrogen (secondary N) is 1. The number of amides is 1. The summed E-state index contributed by atoms with van der Waals surface area (Å²) in [5, 5.41) is 0. The van der Waals surface area contributed by atoms with Gasteiger partial charge in [0.05, 0.1) is 0 Å². The van der Waals surface area contributed by atoms with Crippen LogP contribution in [-0.4, -0.2) is 57.7 Å². The van der Waals surface area contributed by atoms with Gasteiger partial charge in [-0.15, -0.1) is 0 Å². The highest BCUT2D eigenvalue weighted by Gasteiger charge is 2.28. The Labute approximate surface area is 174 Å². The zero-order valence-electron chi connectivity index (χ0n) is 18.0. The second-order valence-electron chi connectivity index (χ2n) is 8.56. The van der Waals surface area contributed by atoms with Crippen LogP contribution in [0.5, 0.6) is 0 Å². The van der Waals surface area contributed by atoms with Crippen LogP contribution in [0.4, 0.5) is 10.5 Å². The van der Waals surface area contributed by atoms with E-state index in [1.165, 1.54) is 0 Å². The average molecular weight is 413 g/mol. The predicted molar refractivity (Wildman–Crippen MR) is 114 cm³/mol. The first-order chi connectivity index (χ1) is 14.2. The summed E-state index contributed by atoms with van der Waals surface area (Å²) in [6, 6.07) is 1.77. The lowest BCUT2D eigenvalue weighted by atomic mass is 10.1. The minimum Gasteiger partial charge on any atom is -0.444 e. The largest absolute Gasteiger partial charge is 0.444 e. The molecule has 160 valence electrons. The number of fused-ring (bicyclic) bond motifs is 2. The molecule has 0 saturated carbocycles. The Morgan fingerprint density at radius 1 is 1.23 bits per heavy atom. The third-order valence-corrected chi connectivity index (χ3v) is 5.07. The van der Waals surface area contributed by atoms with Gasteiger partial charge in [0.2, 0.25) is 11.1 Å². The van der Waals surface area contributed by atoms with Gasteiger partial charge in [0.25, 0.3) is 0 Å². The zero-order chi connectivity index (χ0) is 21.6. The number of carbonyl (C=O) groups excluding carboxylic acids is 1. The van der Waals surface area contributed by atoms with Gasteiger partial charge in [-0.25, -0.2) is 9.78 Å². The number of aromatic nitrogens is 3. The van der Waals surface area contributed by atoms with Crippen molar-refractivity contribution in [2.24, 2.45) is 0 Å². The number of rotatable bonds is 2. The summed E-state index contributed by atoms with van der Waals surface area (Å²) in [5.74, 6) is 0.696. The Hall–Kier alpha value is -3.10. The standard InChI is InChI=1S/C21H27N5O4/c1-6-13-16(25-7-9-26(10-8-25)20(28)30-21(3,4)5)17(27)15-18(23-13)24-19-14(22-15)11-12(2)29-19/h11H,6-10H2,1-5H3,(H,23,24,27). The number of H-pyrrole nitrogens is 1. The summed E-state index contributed by atoms with van der Waals surface area (Å²) in [7, 11) is 0. The first-order valence-electron chi connectivity index (χ1n) is 10.2. The molecule has 0 aromatic carbocycles. The van der Waals surface area contributed by atoms with E-state index in [2.05, 4.69) is 15.0 Å². The Bertz CT molecular complexity index is 1170. The Balaban J connectivity index is 1.65. The smallest absolute Gasteiger partial charge is 0.410 e. The summed E-state index contributed by atoms with van der Waals surface area (Å²) in [5.41, 5.74) is 2.42. The second-order valence-corrected chi connectivity index (χ2v) is 8.56. The molecule has 3 aromatic heterocycles. The fraction of sp³-hybridized carbons (Fsp3) is 0.524. The van der Waals surface area contributed by atoms with E-state index in [0.717, 1.165) is 5.69 Å². The van der Waals surface area contributed by atoms with Crippen LogP contribution in [0.3, 0.4) is 0 Å². The van der Waals surface area contributed by atoms with Crippen LogP contribution in [0.15, 0.2) is 15.3 Å². The van der Waals surface area contributed by atoms with Crippen molar-refractivity contribution in [1.82, 2.24) is 19.9 Å². The maximum atomic E-state index is 13.4. The SMILES string of the molecule is CCc1[nH]c2nc3oc(C)cc3nc2c(=O)c1N1CCN(C(=O)OC(C)(C)C)CC1. The number of carbonyl (C=O) groups is 1. The van der Waals surface area contributed by atoms with Gasteiger partial charge >= 0.3 is 6.09 Å². The molecule has 0 unspecified atom stereocenters. The molecule has 1 aliphatic rings. The van der Waals surface area contributed by atoms with Crippen LogP contribution in [0, 0.1) is 6.92 Å². The predicted octanol–water partition coefficient (Wildman–Crippen LogP) is 2.99. The number of furan rings is 1. The summed E-state index contributed by atoms with van der Waals surface area (Å²) in [4.78, 5) is 41.6. The first kappa shape index (κ1) is 20.2. The minimum atomic E-state index is -0.533. The molecule has 4 rings (SSSR count). The lowest BCUT2D eigenvalue weighted by Crippen LogP contribution is -2.51. The van der Waals surface area contributed by atoms with E-state index in [-0.39, 0.29) is 11.5 Å². The molecule has 1 N–H and O–H groups in total. The molecule has 1 aliphatic heterocycles. The highest BCUT2D eigenvalue weighted by Crippen LogP contribution is 2.23. The third-order valence-electron chi connectivity index (χ3n) is 5.07. The van der Waals surface area contributed by atoms with E-state index < -0.39 is 5.60 Å². The molecule has 1 saturated heterocycles. The van der Waals surface area contributed by atoms with Gasteiger partial charge in [0.15, 0.2) is 11.2 Å². The Kier molecular flexibility index (Phi) is 4.91. The van der Waals surface area contributed by atoms with Gasteiger partial charge in [-0.2, -0.15) is 4.98 Å². The number of aryl methyl sites for hydroxylation is 2. The number of anilines is 1. The molecular formula is C21H27N5O4. The van der Waals surface area contributed by atoms with Crippen LogP contribution >= 0.6 is 0 Å². The van der Waals surface area contributed by atoms with Gasteiger partial charge in [0, 0.05) is 37.9 Å². The van der Waals surface area contributed by atoms with Crippen LogP contribution in [0.2, 0.25) is 0 Å². The number of ether oxygens (including phenoxy) is 1. The van der Waals surface area contributed by atoms with E-state index in [1.54, 1.807) is 11.0 Å². The molecule has 0 atom stereocenters. The highest BCUT2D eigenvalue weighted by atomic mass is 16.6. The molecule has 1 amide bonds. The maximum Gasteiger partial charge on any atom is 0.410 e. The van der Waals surface area contributed by atoms with Gasteiger partial charge in [-0.05, 0) is 34.1 Å². The third kappa shape index (κ3) is 3.71. The van der Waals surface area contributed by atoms with Crippen LogP contribution in [0.1, 0.15) is 39.1 Å². The topological polar surface area (TPSA) is 105 Å². The first-order valence-corrected chi connectivity index (χ1v) is 10.2.